The monoisotopic (exact) mass is 445 g/mol. The Balaban J connectivity index is 1.59. The zero-order valence-corrected chi connectivity index (χ0v) is 17.9. The predicted molar refractivity (Wildman–Crippen MR) is 114 cm³/mol. The van der Waals surface area contributed by atoms with E-state index in [0.29, 0.717) is 18.1 Å². The number of H-pyrrole nitrogens is 1. The van der Waals surface area contributed by atoms with E-state index in [0.717, 1.165) is 10.9 Å². The Morgan fingerprint density at radius 1 is 1.20 bits per heavy atom. The Morgan fingerprint density at radius 3 is 2.77 bits per heavy atom. The Hall–Kier alpha value is -2.88. The van der Waals surface area contributed by atoms with Gasteiger partial charge in [0.1, 0.15) is 10.6 Å². The third-order valence-corrected chi connectivity index (χ3v) is 6.68. The molecule has 0 unspecified atom stereocenters. The molecule has 2 heterocycles. The van der Waals surface area contributed by atoms with Crippen LogP contribution in [-0.2, 0) is 16.6 Å². The maximum Gasteiger partial charge on any atom is 0.322 e. The van der Waals surface area contributed by atoms with Crippen molar-refractivity contribution in [1.82, 2.24) is 24.5 Å². The second kappa shape index (κ2) is 8.10. The number of rotatable bonds is 7. The van der Waals surface area contributed by atoms with Gasteiger partial charge in [-0.1, -0.05) is 28.8 Å². The lowest BCUT2D eigenvalue weighted by Crippen LogP contribution is -2.29. The zero-order chi connectivity index (χ0) is 21.3. The van der Waals surface area contributed by atoms with Crippen molar-refractivity contribution < 1.29 is 13.2 Å². The van der Waals surface area contributed by atoms with Gasteiger partial charge >= 0.3 is 6.01 Å². The van der Waals surface area contributed by atoms with Crippen molar-refractivity contribution in [2.24, 2.45) is 0 Å². The molecule has 2 aromatic carbocycles. The number of ether oxygens (including phenoxy) is 1. The van der Waals surface area contributed by atoms with Crippen LogP contribution in [0.3, 0.4) is 0 Å². The van der Waals surface area contributed by atoms with Gasteiger partial charge in [0.05, 0.1) is 11.1 Å². The quantitative estimate of drug-likeness (QED) is 0.442. The summed E-state index contributed by atoms with van der Waals surface area (Å²) in [4.78, 5) is 3.14. The van der Waals surface area contributed by atoms with Gasteiger partial charge in [-0.2, -0.15) is 0 Å². The number of hydrogen-bond donors (Lipinski definition) is 2. The summed E-state index contributed by atoms with van der Waals surface area (Å²) in [6, 6.07) is 13.5. The molecule has 4 rings (SSSR count). The molecule has 0 aliphatic carbocycles. The minimum atomic E-state index is -3.84. The normalized spacial score (nSPS) is 12.9. The van der Waals surface area contributed by atoms with E-state index in [2.05, 4.69) is 19.9 Å². The molecule has 2 aromatic heterocycles. The van der Waals surface area contributed by atoms with E-state index >= 15 is 0 Å². The standard InChI is InChI=1S/C20H20ClN5O3S/c1-3-26-19(13(2)25-30(27,28)18-7-5-4-6-16(18)21)23-24-20(26)29-15-9-8-14-10-11-22-17(14)12-15/h4-13,22,25H,3H2,1-2H3/t13-/m1/s1. The minimum absolute atomic E-state index is 0.0109. The first kappa shape index (κ1) is 20.4. The molecule has 4 aromatic rings. The second-order valence-electron chi connectivity index (χ2n) is 6.69. The molecule has 0 radical (unpaired) electrons. The van der Waals surface area contributed by atoms with Crippen LogP contribution in [-0.4, -0.2) is 28.2 Å². The van der Waals surface area contributed by atoms with Crippen LogP contribution in [0.15, 0.2) is 59.6 Å². The number of sulfonamides is 1. The van der Waals surface area contributed by atoms with Crippen LogP contribution in [0.1, 0.15) is 25.7 Å². The third-order valence-electron chi connectivity index (χ3n) is 4.64. The van der Waals surface area contributed by atoms with E-state index in [4.69, 9.17) is 16.3 Å². The van der Waals surface area contributed by atoms with Gasteiger partial charge in [-0.15, -0.1) is 5.10 Å². The first-order chi connectivity index (χ1) is 14.4. The van der Waals surface area contributed by atoms with Crippen molar-refractivity contribution >= 4 is 32.5 Å². The summed E-state index contributed by atoms with van der Waals surface area (Å²) in [5, 5.41) is 9.49. The van der Waals surface area contributed by atoms with Crippen molar-refractivity contribution in [2.45, 2.75) is 31.3 Å². The topological polar surface area (TPSA) is 102 Å². The van der Waals surface area contributed by atoms with E-state index in [1.54, 1.807) is 23.6 Å². The van der Waals surface area contributed by atoms with Gasteiger partial charge in [-0.05, 0) is 49.6 Å². The number of aromatic nitrogens is 4. The van der Waals surface area contributed by atoms with Gasteiger partial charge in [0, 0.05) is 24.3 Å². The van der Waals surface area contributed by atoms with Gasteiger partial charge < -0.3 is 9.72 Å². The Bertz CT molecular complexity index is 1300. The highest BCUT2D eigenvalue weighted by Crippen LogP contribution is 2.27. The van der Waals surface area contributed by atoms with E-state index < -0.39 is 16.1 Å². The van der Waals surface area contributed by atoms with E-state index in [9.17, 15) is 8.42 Å². The number of nitrogens with one attached hydrogen (secondary N) is 2. The highest BCUT2D eigenvalue weighted by molar-refractivity contribution is 7.89. The summed E-state index contributed by atoms with van der Waals surface area (Å²) < 4.78 is 35.7. The summed E-state index contributed by atoms with van der Waals surface area (Å²) in [5.74, 6) is 1.03. The van der Waals surface area contributed by atoms with Gasteiger partial charge in [-0.3, -0.25) is 4.57 Å². The molecule has 156 valence electrons. The maximum atomic E-state index is 12.7. The van der Waals surface area contributed by atoms with Crippen LogP contribution in [0.25, 0.3) is 10.9 Å². The Morgan fingerprint density at radius 2 is 2.00 bits per heavy atom. The second-order valence-corrected chi connectivity index (χ2v) is 8.78. The predicted octanol–water partition coefficient (Wildman–Crippen LogP) is 4.26. The summed E-state index contributed by atoms with van der Waals surface area (Å²) >= 11 is 6.05. The molecule has 0 amide bonds. The molecule has 30 heavy (non-hydrogen) atoms. The lowest BCUT2D eigenvalue weighted by molar-refractivity contribution is 0.408. The van der Waals surface area contributed by atoms with Crippen LogP contribution in [0.2, 0.25) is 5.02 Å². The van der Waals surface area contributed by atoms with Crippen LogP contribution < -0.4 is 9.46 Å². The molecule has 2 N–H and O–H groups in total. The Kier molecular flexibility index (Phi) is 5.50. The van der Waals surface area contributed by atoms with Crippen molar-refractivity contribution in [1.29, 1.82) is 0 Å². The zero-order valence-electron chi connectivity index (χ0n) is 16.3. The number of fused-ring (bicyclic) bond motifs is 1. The molecular weight excluding hydrogens is 426 g/mol. The smallest absolute Gasteiger partial charge is 0.322 e. The average Bonchev–Trinajstić information content (AvgIpc) is 3.34. The Labute approximate surface area is 178 Å². The summed E-state index contributed by atoms with van der Waals surface area (Å²) in [5.41, 5.74) is 0.941. The molecule has 1 atom stereocenters. The van der Waals surface area contributed by atoms with Gasteiger partial charge in [0.25, 0.3) is 0 Å². The molecule has 0 bridgehead atoms. The SMILES string of the molecule is CCn1c(Oc2ccc3cc[nH]c3c2)nnc1[C@@H](C)NS(=O)(=O)c1ccccc1Cl. The van der Waals surface area contributed by atoms with Crippen LogP contribution >= 0.6 is 11.6 Å². The van der Waals surface area contributed by atoms with Gasteiger partial charge in [0.15, 0.2) is 5.82 Å². The number of nitrogens with zero attached hydrogens (tertiary/aromatic N) is 3. The van der Waals surface area contributed by atoms with Crippen molar-refractivity contribution in [3.63, 3.8) is 0 Å². The van der Waals surface area contributed by atoms with E-state index in [1.165, 1.54) is 12.1 Å². The number of hydrogen-bond acceptors (Lipinski definition) is 5. The molecule has 0 saturated heterocycles. The van der Waals surface area contributed by atoms with Gasteiger partial charge in [0.2, 0.25) is 10.0 Å². The maximum absolute atomic E-state index is 12.7. The average molecular weight is 446 g/mol. The molecule has 0 aliphatic rings. The van der Waals surface area contributed by atoms with Crippen molar-refractivity contribution in [3.05, 3.63) is 65.6 Å². The molecule has 0 fully saturated rings. The lowest BCUT2D eigenvalue weighted by atomic mass is 10.2. The summed E-state index contributed by atoms with van der Waals surface area (Å²) in [6.45, 7) is 4.10. The number of aromatic amines is 1. The van der Waals surface area contributed by atoms with Crippen LogP contribution in [0, 0.1) is 0 Å². The summed E-state index contributed by atoms with van der Waals surface area (Å²) in [6.07, 6.45) is 1.86. The van der Waals surface area contributed by atoms with E-state index in [-0.39, 0.29) is 15.9 Å². The number of benzene rings is 2. The van der Waals surface area contributed by atoms with E-state index in [1.807, 2.05) is 37.4 Å². The molecule has 0 aliphatic heterocycles. The fraction of sp³-hybridized carbons (Fsp3) is 0.200. The third kappa shape index (κ3) is 3.91. The fourth-order valence-electron chi connectivity index (χ4n) is 3.20. The highest BCUT2D eigenvalue weighted by atomic mass is 35.5. The highest BCUT2D eigenvalue weighted by Gasteiger charge is 2.25. The largest absolute Gasteiger partial charge is 0.424 e. The molecule has 8 nitrogen and oxygen atoms in total. The number of halogens is 1. The summed E-state index contributed by atoms with van der Waals surface area (Å²) in [7, 11) is -3.84. The lowest BCUT2D eigenvalue weighted by Gasteiger charge is -2.16. The molecule has 0 spiro atoms. The molecule has 10 heteroatoms. The first-order valence-corrected chi connectivity index (χ1v) is 11.2. The molecule has 0 saturated carbocycles. The van der Waals surface area contributed by atoms with Crippen LogP contribution in [0.5, 0.6) is 11.8 Å². The van der Waals surface area contributed by atoms with Crippen molar-refractivity contribution in [2.75, 3.05) is 0 Å². The minimum Gasteiger partial charge on any atom is -0.424 e. The first-order valence-electron chi connectivity index (χ1n) is 9.34. The van der Waals surface area contributed by atoms with Gasteiger partial charge in [-0.25, -0.2) is 13.1 Å². The fourth-order valence-corrected chi connectivity index (χ4v) is 4.92. The molecular formula is C20H20ClN5O3S. The van der Waals surface area contributed by atoms with Crippen LogP contribution in [0.4, 0.5) is 0 Å². The van der Waals surface area contributed by atoms with Crippen molar-refractivity contribution in [3.8, 4) is 11.8 Å².